The van der Waals surface area contributed by atoms with Gasteiger partial charge in [0.2, 0.25) is 0 Å². The predicted octanol–water partition coefficient (Wildman–Crippen LogP) is 15.2. The smallest absolute Gasteiger partial charge is 0.457 e. The zero-order valence-corrected chi connectivity index (χ0v) is 42.2. The molecule has 0 radical (unpaired) electrons. The molecule has 0 unspecified atom stereocenters. The van der Waals surface area contributed by atoms with Crippen molar-refractivity contribution in [1.82, 2.24) is 9.55 Å². The molecule has 352 valence electrons. The second kappa shape index (κ2) is 18.0. The van der Waals surface area contributed by atoms with E-state index < -0.39 is 21.4 Å². The number of rotatable bonds is 8. The number of nitrogens with zero attached hydrogens (tertiary/aromatic N) is 4. The van der Waals surface area contributed by atoms with Gasteiger partial charge in [-0.15, -0.1) is 0 Å². The van der Waals surface area contributed by atoms with E-state index in [9.17, 15) is 0 Å². The van der Waals surface area contributed by atoms with Crippen molar-refractivity contribution < 1.29 is 18.5 Å². The molecule has 71 heavy (non-hydrogen) atoms. The summed E-state index contributed by atoms with van der Waals surface area (Å²) in [7, 11) is -1.66. The molecule has 0 bridgehead atoms. The summed E-state index contributed by atoms with van der Waals surface area (Å²) in [6.45, 7) is 20.2. The average molecular weight is 933 g/mol. The molecule has 2 aromatic heterocycles. The Hall–Kier alpha value is -7.04. The molecular formula is C60H59B3N4O4. The molecule has 0 atom stereocenters. The first-order valence-electron chi connectivity index (χ1n) is 24.8. The van der Waals surface area contributed by atoms with Crippen LogP contribution in [0.2, 0.25) is 10.6 Å². The van der Waals surface area contributed by atoms with E-state index in [4.69, 9.17) is 23.4 Å². The topological polar surface area (TPSA) is 61.2 Å². The van der Waals surface area contributed by atoms with Gasteiger partial charge in [-0.2, -0.15) is 0 Å². The first kappa shape index (κ1) is 46.4. The lowest BCUT2D eigenvalue weighted by Crippen LogP contribution is -2.59. The summed E-state index contributed by atoms with van der Waals surface area (Å²) in [5.41, 5.74) is 12.9. The number of pyridine rings is 1. The highest BCUT2D eigenvalue weighted by Crippen LogP contribution is 2.48. The van der Waals surface area contributed by atoms with Crippen molar-refractivity contribution in [3.8, 4) is 39.6 Å². The molecule has 8 nitrogen and oxygen atoms in total. The second-order valence-electron chi connectivity index (χ2n) is 22.1. The zero-order chi connectivity index (χ0) is 49.2. The number of aromatic nitrogens is 2. The molecule has 2 aliphatic rings. The Morgan fingerprint density at radius 2 is 1.15 bits per heavy atom. The maximum atomic E-state index is 6.88. The van der Waals surface area contributed by atoms with Gasteiger partial charge in [0.15, 0.2) is 0 Å². The van der Waals surface area contributed by atoms with Gasteiger partial charge in [0.1, 0.15) is 24.0 Å². The van der Waals surface area contributed by atoms with Crippen LogP contribution in [0.5, 0.6) is 11.5 Å². The molecule has 0 spiro atoms. The molecule has 0 saturated carbocycles. The Kier molecular flexibility index (Phi) is 11.7. The lowest BCUT2D eigenvalue weighted by molar-refractivity contribution is 0.250. The van der Waals surface area contributed by atoms with Gasteiger partial charge in [-0.1, -0.05) is 165 Å². The van der Waals surface area contributed by atoms with Crippen molar-refractivity contribution in [2.24, 2.45) is 0 Å². The van der Waals surface area contributed by atoms with Crippen molar-refractivity contribution >= 4 is 71.4 Å². The van der Waals surface area contributed by atoms with Gasteiger partial charge in [-0.25, -0.2) is 4.98 Å². The fourth-order valence-corrected chi connectivity index (χ4v) is 9.91. The molecule has 0 N–H and O–H groups in total. The van der Waals surface area contributed by atoms with Gasteiger partial charge in [-0.05, 0) is 99.0 Å². The Bertz CT molecular complexity index is 3400. The fourth-order valence-electron chi connectivity index (χ4n) is 9.91. The Morgan fingerprint density at radius 1 is 0.507 bits per heavy atom. The molecule has 7 aromatic carbocycles. The Balaban J connectivity index is 0.976. The van der Waals surface area contributed by atoms with E-state index in [1.807, 2.05) is 12.3 Å². The molecular weight excluding hydrogens is 873 g/mol. The van der Waals surface area contributed by atoms with Gasteiger partial charge in [0.05, 0.1) is 28.1 Å². The summed E-state index contributed by atoms with van der Waals surface area (Å²) < 4.78 is 29.4. The molecule has 2 aliphatic heterocycles. The summed E-state index contributed by atoms with van der Waals surface area (Å²) in [5.74, 6) is 2.34. The molecule has 1 saturated heterocycles. The monoisotopic (exact) mass is 932 g/mol. The Labute approximate surface area is 419 Å². The summed E-state index contributed by atoms with van der Waals surface area (Å²) in [4.78, 5) is 9.72. The minimum absolute atomic E-state index is 0.0458. The van der Waals surface area contributed by atoms with Crippen LogP contribution in [0.1, 0.15) is 67.9 Å². The van der Waals surface area contributed by atoms with Crippen LogP contribution < -0.4 is 20.0 Å². The first-order chi connectivity index (χ1) is 34.1. The normalized spacial score (nSPS) is 14.5. The van der Waals surface area contributed by atoms with Crippen LogP contribution in [0.25, 0.3) is 49.9 Å². The van der Waals surface area contributed by atoms with Crippen molar-refractivity contribution in [3.63, 3.8) is 0 Å². The van der Waals surface area contributed by atoms with Crippen LogP contribution in [0.4, 0.5) is 22.7 Å². The van der Waals surface area contributed by atoms with E-state index in [1.54, 1.807) is 0 Å². The third-order valence-electron chi connectivity index (χ3n) is 13.6. The van der Waals surface area contributed by atoms with Crippen LogP contribution in [-0.2, 0) is 19.1 Å². The van der Waals surface area contributed by atoms with E-state index in [0.717, 1.165) is 78.5 Å². The third kappa shape index (κ3) is 8.92. The van der Waals surface area contributed by atoms with Crippen molar-refractivity contribution in [1.29, 1.82) is 0 Å². The van der Waals surface area contributed by atoms with Crippen LogP contribution >= 0.6 is 0 Å². The van der Waals surface area contributed by atoms with Crippen molar-refractivity contribution in [2.45, 2.75) is 78.4 Å². The highest BCUT2D eigenvalue weighted by molar-refractivity contribution is 6.81. The number of ether oxygens (including phenoxy) is 1. The molecule has 0 amide bonds. The molecule has 9 aromatic rings. The highest BCUT2D eigenvalue weighted by Gasteiger charge is 2.52. The number of hydrogen-bond acceptors (Lipinski definition) is 7. The van der Waals surface area contributed by atoms with E-state index in [1.165, 1.54) is 16.7 Å². The van der Waals surface area contributed by atoms with Crippen LogP contribution in [0.15, 0.2) is 182 Å². The minimum atomic E-state index is -0.686. The second-order valence-corrected chi connectivity index (χ2v) is 22.1. The lowest BCUT2D eigenvalue weighted by atomic mass is 9.50. The fraction of sp³-hybridized carbons (Fsp3) is 0.217. The largest absolute Gasteiger partial charge is 0.468 e. The quantitative estimate of drug-likeness (QED) is 0.141. The maximum Gasteiger partial charge on any atom is 0.468 e. The maximum absolute atomic E-state index is 6.88. The minimum Gasteiger partial charge on any atom is -0.457 e. The Morgan fingerprint density at radius 3 is 1.85 bits per heavy atom. The van der Waals surface area contributed by atoms with Crippen LogP contribution in [0, 0.1) is 0 Å². The van der Waals surface area contributed by atoms with Gasteiger partial charge in [0, 0.05) is 45.8 Å². The van der Waals surface area contributed by atoms with E-state index >= 15 is 0 Å². The summed E-state index contributed by atoms with van der Waals surface area (Å²) in [6.07, 6.45) is 1.92. The average Bonchev–Trinajstić information content (AvgIpc) is 3.91. The van der Waals surface area contributed by atoms with Crippen molar-refractivity contribution in [3.05, 3.63) is 188 Å². The molecule has 4 heterocycles. The van der Waals surface area contributed by atoms with Gasteiger partial charge in [0.25, 0.3) is 0 Å². The van der Waals surface area contributed by atoms with E-state index in [2.05, 4.69) is 247 Å². The number of anilines is 4. The van der Waals surface area contributed by atoms with Gasteiger partial charge >= 0.3 is 21.4 Å². The molecule has 1 fully saturated rings. The molecule has 11 heteroatoms. The summed E-state index contributed by atoms with van der Waals surface area (Å²) in [6, 6.07) is 62.1. The van der Waals surface area contributed by atoms with E-state index in [0.29, 0.717) is 6.67 Å². The van der Waals surface area contributed by atoms with Gasteiger partial charge < -0.3 is 28.3 Å². The van der Waals surface area contributed by atoms with Crippen molar-refractivity contribution in [2.75, 3.05) is 16.5 Å². The first-order valence-corrected chi connectivity index (χ1v) is 24.8. The number of benzene rings is 7. The summed E-state index contributed by atoms with van der Waals surface area (Å²) >= 11 is 0. The van der Waals surface area contributed by atoms with Gasteiger partial charge in [-0.3, -0.25) is 4.57 Å². The molecule has 0 aliphatic carbocycles. The van der Waals surface area contributed by atoms with Crippen LogP contribution in [-0.4, -0.2) is 37.6 Å². The highest BCUT2D eigenvalue weighted by atomic mass is 16.7. The third-order valence-corrected chi connectivity index (χ3v) is 13.6. The SMILES string of the molecule is CC(C)(C)B1OB(c2cccc(-c3ccccc3)c2N2CN(c3cccc(Oc4ccc5c6cc(-c7ccccc7)ccc6n(-c6cc(C(C)(C)C)ccn6)c5c4)c3)c3ccccc32)OB(C(C)(C)C)O1. The standard InChI is InChI=1S/C60H59B3N4O4/c1-58(2,3)44-34-35-64-56(37-44)67-52-33-30-43(41-20-12-10-13-21-41)36-50(52)49-32-31-47(39-55(49)67)68-46-25-18-24-45(38-46)65-40-66(54-29-17-16-28-53(54)65)57-48(42-22-14-11-15-23-42)26-19-27-51(57)61-69-62(59(4,5)6)71-63(70-61)60(7,8)9/h10-39H,40H2,1-9H3. The lowest BCUT2D eigenvalue weighted by Gasteiger charge is -2.41. The van der Waals surface area contributed by atoms with Crippen LogP contribution in [0.3, 0.4) is 0 Å². The van der Waals surface area contributed by atoms with E-state index in [-0.39, 0.29) is 16.0 Å². The predicted molar refractivity (Wildman–Crippen MR) is 296 cm³/mol. The molecule has 11 rings (SSSR count). The summed E-state index contributed by atoms with van der Waals surface area (Å²) in [5, 5.41) is 1.70. The number of hydrogen-bond donors (Lipinski definition) is 0. The zero-order valence-electron chi connectivity index (χ0n) is 42.2. The number of fused-ring (bicyclic) bond motifs is 4. The number of para-hydroxylation sites is 3.